The van der Waals surface area contributed by atoms with Gasteiger partial charge in [-0.25, -0.2) is 14.2 Å². The first kappa shape index (κ1) is 21.9. The number of rotatable bonds is 6. The van der Waals surface area contributed by atoms with Crippen molar-refractivity contribution in [2.75, 3.05) is 25.0 Å². The van der Waals surface area contributed by atoms with E-state index in [0.29, 0.717) is 42.6 Å². The number of anilines is 2. The van der Waals surface area contributed by atoms with Gasteiger partial charge in [0.25, 0.3) is 0 Å². The van der Waals surface area contributed by atoms with E-state index in [1.54, 1.807) is 11.0 Å². The topological polar surface area (TPSA) is 79.8 Å². The summed E-state index contributed by atoms with van der Waals surface area (Å²) in [6.07, 6.45) is 5.70. The van der Waals surface area contributed by atoms with Crippen molar-refractivity contribution in [3.05, 3.63) is 41.5 Å². The van der Waals surface area contributed by atoms with E-state index in [4.69, 9.17) is 9.57 Å². The second-order valence-corrected chi connectivity index (χ2v) is 9.60. The zero-order valence-electron chi connectivity index (χ0n) is 19.4. The number of piperazine rings is 1. The maximum atomic E-state index is 14.5. The van der Waals surface area contributed by atoms with Crippen molar-refractivity contribution in [3.8, 4) is 5.88 Å². The summed E-state index contributed by atoms with van der Waals surface area (Å²) in [5, 5.41) is 5.00. The Balaban J connectivity index is 1.27. The smallest absolute Gasteiger partial charge is 0.410 e. The first-order valence-electron chi connectivity index (χ1n) is 11.6. The maximum Gasteiger partial charge on any atom is 0.410 e. The molecule has 1 aromatic carbocycles. The number of amides is 1. The number of carbonyl (C=O) groups is 1. The molecule has 8 nitrogen and oxygen atoms in total. The Morgan fingerprint density at radius 2 is 2.00 bits per heavy atom. The van der Waals surface area contributed by atoms with Crippen molar-refractivity contribution in [1.82, 2.24) is 19.9 Å². The van der Waals surface area contributed by atoms with Crippen molar-refractivity contribution in [3.63, 3.8) is 0 Å². The number of carbonyl (C=O) groups excluding carboxylic acids is 1. The summed E-state index contributed by atoms with van der Waals surface area (Å²) in [6.45, 7) is 7.48. The normalized spacial score (nSPS) is 20.4. The Morgan fingerprint density at radius 3 is 2.67 bits per heavy atom. The number of aromatic nitrogens is 2. The number of halogens is 1. The molecule has 2 aromatic rings. The Bertz CT molecular complexity index is 1070. The molecule has 9 heteroatoms. The van der Waals surface area contributed by atoms with E-state index >= 15 is 0 Å². The van der Waals surface area contributed by atoms with Crippen LogP contribution in [0.5, 0.6) is 5.88 Å². The predicted octanol–water partition coefficient (Wildman–Crippen LogP) is 4.36. The first-order valence-corrected chi connectivity index (χ1v) is 11.6. The minimum Gasteiger partial charge on any atom is -0.443 e. The fourth-order valence-corrected chi connectivity index (χ4v) is 4.13. The average Bonchev–Trinajstić information content (AvgIpc) is 3.72. The van der Waals surface area contributed by atoms with E-state index in [1.807, 2.05) is 31.9 Å². The van der Waals surface area contributed by atoms with Crippen molar-refractivity contribution >= 4 is 17.6 Å². The SMILES string of the molecule is CCc1ccc(Nc2ncnc(ON3CCN(C(=O)OC4(C)CC4)CC34CC4)c2C)c(F)c1. The van der Waals surface area contributed by atoms with Gasteiger partial charge in [-0.05, 0) is 63.6 Å². The number of benzene rings is 1. The van der Waals surface area contributed by atoms with Gasteiger partial charge in [0.1, 0.15) is 23.6 Å². The molecule has 2 heterocycles. The lowest BCUT2D eigenvalue weighted by Crippen LogP contribution is -2.58. The molecule has 0 bridgehead atoms. The number of ether oxygens (including phenoxy) is 1. The standard InChI is InChI=1S/C24H30FN5O3/c1-4-17-5-6-19(18(25)13-17)28-20-16(2)21(27-15-26-20)33-30-12-11-29(14-24(30)9-10-24)22(31)32-23(3)7-8-23/h5-6,13,15H,4,7-12,14H2,1-3H3,(H,26,27,28). The van der Waals surface area contributed by atoms with Gasteiger partial charge >= 0.3 is 6.09 Å². The minimum absolute atomic E-state index is 0.213. The molecule has 0 unspecified atom stereocenters. The predicted molar refractivity (Wildman–Crippen MR) is 121 cm³/mol. The van der Waals surface area contributed by atoms with Gasteiger partial charge in [0.15, 0.2) is 0 Å². The van der Waals surface area contributed by atoms with Gasteiger partial charge in [-0.3, -0.25) is 0 Å². The van der Waals surface area contributed by atoms with Gasteiger partial charge in [0.2, 0.25) is 5.88 Å². The lowest BCUT2D eigenvalue weighted by molar-refractivity contribution is -0.140. The van der Waals surface area contributed by atoms with Crippen molar-refractivity contribution in [2.45, 2.75) is 64.0 Å². The van der Waals surface area contributed by atoms with E-state index < -0.39 is 0 Å². The second kappa shape index (κ2) is 8.13. The molecule has 1 spiro atoms. The van der Waals surface area contributed by atoms with Gasteiger partial charge in [-0.1, -0.05) is 13.0 Å². The second-order valence-electron chi connectivity index (χ2n) is 9.60. The quantitative estimate of drug-likeness (QED) is 0.693. The third-order valence-electron chi connectivity index (χ3n) is 6.89. The summed E-state index contributed by atoms with van der Waals surface area (Å²) < 4.78 is 20.1. The molecule has 2 aliphatic carbocycles. The van der Waals surface area contributed by atoms with Crippen LogP contribution in [0.15, 0.2) is 24.5 Å². The Morgan fingerprint density at radius 1 is 1.21 bits per heavy atom. The number of aryl methyl sites for hydroxylation is 1. The molecule has 1 amide bonds. The van der Waals surface area contributed by atoms with Crippen LogP contribution in [0.2, 0.25) is 0 Å². The summed E-state index contributed by atoms with van der Waals surface area (Å²) in [4.78, 5) is 29.2. The summed E-state index contributed by atoms with van der Waals surface area (Å²) >= 11 is 0. The third kappa shape index (κ3) is 4.46. The Hall–Kier alpha value is -2.94. The van der Waals surface area contributed by atoms with Crippen LogP contribution in [0.3, 0.4) is 0 Å². The monoisotopic (exact) mass is 455 g/mol. The molecule has 0 atom stereocenters. The molecule has 1 aliphatic heterocycles. The highest BCUT2D eigenvalue weighted by atomic mass is 19.1. The van der Waals surface area contributed by atoms with Gasteiger partial charge in [-0.2, -0.15) is 4.98 Å². The van der Waals surface area contributed by atoms with Crippen LogP contribution in [0, 0.1) is 12.7 Å². The molecule has 176 valence electrons. The molecule has 2 saturated carbocycles. The molecule has 3 fully saturated rings. The van der Waals surface area contributed by atoms with Crippen molar-refractivity contribution in [2.24, 2.45) is 0 Å². The van der Waals surface area contributed by atoms with Crippen LogP contribution in [0.4, 0.5) is 20.7 Å². The number of nitrogens with zero attached hydrogens (tertiary/aromatic N) is 4. The lowest BCUT2D eigenvalue weighted by Gasteiger charge is -2.40. The van der Waals surface area contributed by atoms with Gasteiger partial charge in [-0.15, -0.1) is 5.06 Å². The molecule has 1 aromatic heterocycles. The fraction of sp³-hybridized carbons (Fsp3) is 0.542. The third-order valence-corrected chi connectivity index (χ3v) is 6.89. The van der Waals surface area contributed by atoms with Crippen LogP contribution in [-0.4, -0.2) is 56.8 Å². The minimum atomic E-state index is -0.324. The molecule has 1 saturated heterocycles. The molecular formula is C24H30FN5O3. The fourth-order valence-electron chi connectivity index (χ4n) is 4.13. The van der Waals surface area contributed by atoms with E-state index in [1.165, 1.54) is 12.4 Å². The average molecular weight is 456 g/mol. The molecule has 5 rings (SSSR count). The molecule has 1 N–H and O–H groups in total. The summed E-state index contributed by atoms with van der Waals surface area (Å²) in [5.41, 5.74) is 1.49. The zero-order chi connectivity index (χ0) is 23.2. The summed E-state index contributed by atoms with van der Waals surface area (Å²) in [6, 6.07) is 5.14. The molecule has 3 aliphatic rings. The zero-order valence-corrected chi connectivity index (χ0v) is 19.4. The van der Waals surface area contributed by atoms with Gasteiger partial charge in [0.05, 0.1) is 23.3 Å². The largest absolute Gasteiger partial charge is 0.443 e. The van der Waals surface area contributed by atoms with Crippen LogP contribution in [0.1, 0.15) is 50.7 Å². The highest BCUT2D eigenvalue weighted by molar-refractivity contribution is 5.69. The Labute approximate surface area is 193 Å². The Kier molecular flexibility index (Phi) is 5.39. The van der Waals surface area contributed by atoms with E-state index in [-0.39, 0.29) is 23.1 Å². The summed E-state index contributed by atoms with van der Waals surface area (Å²) in [5.74, 6) is 0.591. The molecular weight excluding hydrogens is 425 g/mol. The number of nitrogens with one attached hydrogen (secondary N) is 1. The van der Waals surface area contributed by atoms with Crippen LogP contribution >= 0.6 is 0 Å². The van der Waals surface area contributed by atoms with Gasteiger partial charge < -0.3 is 19.8 Å². The van der Waals surface area contributed by atoms with Crippen molar-refractivity contribution < 1.29 is 18.8 Å². The molecule has 0 radical (unpaired) electrons. The number of hydrogen-bond acceptors (Lipinski definition) is 7. The summed E-state index contributed by atoms with van der Waals surface area (Å²) in [7, 11) is 0. The van der Waals surface area contributed by atoms with Crippen LogP contribution < -0.4 is 10.2 Å². The van der Waals surface area contributed by atoms with Gasteiger partial charge in [0, 0.05) is 13.1 Å². The number of hydrogen-bond donors (Lipinski definition) is 1. The van der Waals surface area contributed by atoms with Crippen molar-refractivity contribution in [1.29, 1.82) is 0 Å². The highest BCUT2D eigenvalue weighted by Gasteiger charge is 2.55. The van der Waals surface area contributed by atoms with E-state index in [0.717, 1.165) is 37.7 Å². The highest BCUT2D eigenvalue weighted by Crippen LogP contribution is 2.46. The lowest BCUT2D eigenvalue weighted by atomic mass is 10.1. The number of hydroxylamine groups is 2. The first-order chi connectivity index (χ1) is 15.8. The van der Waals surface area contributed by atoms with Crippen LogP contribution in [-0.2, 0) is 11.2 Å². The van der Waals surface area contributed by atoms with E-state index in [2.05, 4.69) is 15.3 Å². The maximum absolute atomic E-state index is 14.5. The van der Waals surface area contributed by atoms with E-state index in [9.17, 15) is 9.18 Å². The molecule has 33 heavy (non-hydrogen) atoms. The van der Waals surface area contributed by atoms with Crippen LogP contribution in [0.25, 0.3) is 0 Å².